The van der Waals surface area contributed by atoms with Gasteiger partial charge in [0, 0.05) is 42.6 Å². The Morgan fingerprint density at radius 1 is 1.14 bits per heavy atom. The second kappa shape index (κ2) is 7.36. The molecule has 2 aliphatic heterocycles. The lowest BCUT2D eigenvalue weighted by Gasteiger charge is -2.27. The third kappa shape index (κ3) is 3.51. The van der Waals surface area contributed by atoms with Crippen molar-refractivity contribution in [1.29, 1.82) is 0 Å². The minimum atomic E-state index is -0.0264. The molecule has 2 amide bonds. The number of carbonyl (C=O) groups excluding carboxylic acids is 2. The van der Waals surface area contributed by atoms with E-state index in [9.17, 15) is 9.59 Å². The van der Waals surface area contributed by atoms with Crippen molar-refractivity contribution in [2.24, 2.45) is 5.92 Å². The molecule has 8 nitrogen and oxygen atoms in total. The number of ether oxygens (including phenoxy) is 1. The van der Waals surface area contributed by atoms with Gasteiger partial charge in [-0.1, -0.05) is 18.2 Å². The van der Waals surface area contributed by atoms with Gasteiger partial charge in [0.05, 0.1) is 18.8 Å². The SMILES string of the molecule is O=C(Nc1cc2n(n1)CCN(C(=O)c1cc3ccccc3[nH]1)C2)C1CCOCC1. The number of fused-ring (bicyclic) bond motifs is 2. The summed E-state index contributed by atoms with van der Waals surface area (Å²) in [5, 5.41) is 8.44. The number of carbonyl (C=O) groups is 2. The molecule has 150 valence electrons. The summed E-state index contributed by atoms with van der Waals surface area (Å²) in [6.45, 7) is 2.91. The smallest absolute Gasteiger partial charge is 0.270 e. The number of para-hydroxylation sites is 1. The van der Waals surface area contributed by atoms with Crippen LogP contribution in [-0.2, 0) is 22.6 Å². The molecule has 0 radical (unpaired) electrons. The number of nitrogens with zero attached hydrogens (tertiary/aromatic N) is 3. The zero-order valence-electron chi connectivity index (χ0n) is 16.1. The van der Waals surface area contributed by atoms with Crippen molar-refractivity contribution in [2.45, 2.75) is 25.9 Å². The number of rotatable bonds is 3. The van der Waals surface area contributed by atoms with Crippen LogP contribution in [0.3, 0.4) is 0 Å². The maximum absolute atomic E-state index is 13.0. The molecule has 0 spiro atoms. The number of H-pyrrole nitrogens is 1. The largest absolute Gasteiger partial charge is 0.381 e. The Hall–Kier alpha value is -3.13. The van der Waals surface area contributed by atoms with Crippen molar-refractivity contribution in [2.75, 3.05) is 25.1 Å². The van der Waals surface area contributed by atoms with E-state index in [4.69, 9.17) is 4.74 Å². The molecule has 5 rings (SSSR count). The van der Waals surface area contributed by atoms with Gasteiger partial charge in [-0.15, -0.1) is 0 Å². The number of hydrogen-bond donors (Lipinski definition) is 2. The Kier molecular flexibility index (Phi) is 4.55. The number of amides is 2. The first-order chi connectivity index (χ1) is 14.2. The quantitative estimate of drug-likeness (QED) is 0.715. The molecule has 0 aliphatic carbocycles. The average molecular weight is 393 g/mol. The predicted octanol–water partition coefficient (Wildman–Crippen LogP) is 2.39. The van der Waals surface area contributed by atoms with Gasteiger partial charge in [-0.05, 0) is 25.0 Å². The molecule has 1 aromatic carbocycles. The van der Waals surface area contributed by atoms with Crippen LogP contribution in [0.5, 0.6) is 0 Å². The van der Waals surface area contributed by atoms with Crippen LogP contribution < -0.4 is 5.32 Å². The number of hydrogen-bond acceptors (Lipinski definition) is 4. The first kappa shape index (κ1) is 17.9. The van der Waals surface area contributed by atoms with Gasteiger partial charge < -0.3 is 19.9 Å². The van der Waals surface area contributed by atoms with Crippen molar-refractivity contribution in [3.05, 3.63) is 47.8 Å². The van der Waals surface area contributed by atoms with Crippen molar-refractivity contribution in [1.82, 2.24) is 19.7 Å². The summed E-state index contributed by atoms with van der Waals surface area (Å²) in [6.07, 6.45) is 1.48. The Morgan fingerprint density at radius 3 is 2.79 bits per heavy atom. The first-order valence-corrected chi connectivity index (χ1v) is 10.00. The minimum Gasteiger partial charge on any atom is -0.381 e. The maximum Gasteiger partial charge on any atom is 0.270 e. The number of aromatic amines is 1. The van der Waals surface area contributed by atoms with Crippen molar-refractivity contribution < 1.29 is 14.3 Å². The van der Waals surface area contributed by atoms with E-state index in [1.54, 1.807) is 0 Å². The van der Waals surface area contributed by atoms with Crippen LogP contribution in [0.1, 0.15) is 29.0 Å². The van der Waals surface area contributed by atoms with Crippen molar-refractivity contribution >= 4 is 28.5 Å². The molecule has 0 bridgehead atoms. The van der Waals surface area contributed by atoms with E-state index in [2.05, 4.69) is 15.4 Å². The topological polar surface area (TPSA) is 92.3 Å². The van der Waals surface area contributed by atoms with E-state index < -0.39 is 0 Å². The molecule has 1 fully saturated rings. The number of aromatic nitrogens is 3. The van der Waals surface area contributed by atoms with Gasteiger partial charge in [0.15, 0.2) is 5.82 Å². The lowest BCUT2D eigenvalue weighted by Crippen LogP contribution is -2.38. The van der Waals surface area contributed by atoms with Crippen LogP contribution >= 0.6 is 0 Å². The lowest BCUT2D eigenvalue weighted by atomic mass is 9.99. The van der Waals surface area contributed by atoms with E-state index in [-0.39, 0.29) is 17.7 Å². The summed E-state index contributed by atoms with van der Waals surface area (Å²) in [6, 6.07) is 11.6. The predicted molar refractivity (Wildman–Crippen MR) is 107 cm³/mol. The van der Waals surface area contributed by atoms with Crippen LogP contribution in [0.2, 0.25) is 0 Å². The minimum absolute atomic E-state index is 0.00486. The van der Waals surface area contributed by atoms with Gasteiger partial charge in [0.25, 0.3) is 5.91 Å². The summed E-state index contributed by atoms with van der Waals surface area (Å²) in [5.41, 5.74) is 2.46. The fraction of sp³-hybridized carbons (Fsp3) is 0.381. The summed E-state index contributed by atoms with van der Waals surface area (Å²) < 4.78 is 7.19. The molecule has 4 heterocycles. The molecule has 29 heavy (non-hydrogen) atoms. The Bertz CT molecular complexity index is 1030. The summed E-state index contributed by atoms with van der Waals surface area (Å²) in [5.74, 6) is 0.496. The molecular weight excluding hydrogens is 370 g/mol. The second-order valence-corrected chi connectivity index (χ2v) is 7.62. The maximum atomic E-state index is 13.0. The van der Waals surface area contributed by atoms with E-state index in [1.807, 2.05) is 46.0 Å². The van der Waals surface area contributed by atoms with Gasteiger partial charge in [0.1, 0.15) is 5.69 Å². The molecule has 0 unspecified atom stereocenters. The molecule has 1 saturated heterocycles. The highest BCUT2D eigenvalue weighted by atomic mass is 16.5. The molecule has 2 aliphatic rings. The standard InChI is InChI=1S/C21H23N5O3/c27-20(14-5-9-29-10-6-14)23-19-12-16-13-25(7-8-26(16)24-19)21(28)18-11-15-3-1-2-4-17(15)22-18/h1-4,11-12,14,22H,5-10,13H2,(H,23,24,27). The fourth-order valence-corrected chi connectivity index (χ4v) is 4.05. The van der Waals surface area contributed by atoms with E-state index in [0.717, 1.165) is 29.4 Å². The van der Waals surface area contributed by atoms with E-state index in [1.165, 1.54) is 0 Å². The molecule has 3 aromatic rings. The van der Waals surface area contributed by atoms with E-state index in [0.29, 0.717) is 44.4 Å². The zero-order chi connectivity index (χ0) is 19.8. The van der Waals surface area contributed by atoms with Crippen LogP contribution in [0.25, 0.3) is 10.9 Å². The first-order valence-electron chi connectivity index (χ1n) is 10.00. The van der Waals surface area contributed by atoms with Gasteiger partial charge in [-0.2, -0.15) is 5.10 Å². The molecule has 0 saturated carbocycles. The summed E-state index contributed by atoms with van der Waals surface area (Å²) >= 11 is 0. The highest BCUT2D eigenvalue weighted by molar-refractivity contribution is 5.98. The number of anilines is 1. The van der Waals surface area contributed by atoms with Gasteiger partial charge in [-0.25, -0.2) is 0 Å². The normalized spacial score (nSPS) is 17.3. The highest BCUT2D eigenvalue weighted by Crippen LogP contribution is 2.22. The van der Waals surface area contributed by atoms with Gasteiger partial charge in [-0.3, -0.25) is 14.3 Å². The third-order valence-corrected chi connectivity index (χ3v) is 5.69. The van der Waals surface area contributed by atoms with Gasteiger partial charge >= 0.3 is 0 Å². The van der Waals surface area contributed by atoms with Crippen LogP contribution in [0.4, 0.5) is 5.82 Å². The molecule has 2 aromatic heterocycles. The Morgan fingerprint density at radius 2 is 1.97 bits per heavy atom. The Labute approximate surface area is 167 Å². The second-order valence-electron chi connectivity index (χ2n) is 7.62. The van der Waals surface area contributed by atoms with Crippen LogP contribution in [0, 0.1) is 5.92 Å². The Balaban J connectivity index is 1.28. The van der Waals surface area contributed by atoms with Crippen LogP contribution in [-0.4, -0.2) is 51.2 Å². The number of nitrogens with one attached hydrogen (secondary N) is 2. The van der Waals surface area contributed by atoms with Crippen molar-refractivity contribution in [3.8, 4) is 0 Å². The van der Waals surface area contributed by atoms with Crippen molar-refractivity contribution in [3.63, 3.8) is 0 Å². The molecule has 0 atom stereocenters. The molecule has 2 N–H and O–H groups in total. The summed E-state index contributed by atoms with van der Waals surface area (Å²) in [7, 11) is 0. The average Bonchev–Trinajstić information content (AvgIpc) is 3.36. The lowest BCUT2D eigenvalue weighted by molar-refractivity contribution is -0.122. The fourth-order valence-electron chi connectivity index (χ4n) is 4.05. The highest BCUT2D eigenvalue weighted by Gasteiger charge is 2.26. The van der Waals surface area contributed by atoms with Crippen LogP contribution in [0.15, 0.2) is 36.4 Å². The zero-order valence-corrected chi connectivity index (χ0v) is 16.1. The molecular formula is C21H23N5O3. The van der Waals surface area contributed by atoms with E-state index >= 15 is 0 Å². The van der Waals surface area contributed by atoms with Gasteiger partial charge in [0.2, 0.25) is 5.91 Å². The third-order valence-electron chi connectivity index (χ3n) is 5.69. The number of benzene rings is 1. The monoisotopic (exact) mass is 393 g/mol. The summed E-state index contributed by atoms with van der Waals surface area (Å²) in [4.78, 5) is 30.4. The molecule has 8 heteroatoms.